The maximum Gasteiger partial charge on any atom is 0.164 e. The van der Waals surface area contributed by atoms with Crippen molar-refractivity contribution in [2.75, 3.05) is 0 Å². The molecule has 0 bridgehead atoms. The van der Waals surface area contributed by atoms with Gasteiger partial charge >= 0.3 is 0 Å². The lowest BCUT2D eigenvalue weighted by Gasteiger charge is -2.22. The lowest BCUT2D eigenvalue weighted by molar-refractivity contribution is 0.660. The van der Waals surface area contributed by atoms with E-state index in [1.54, 1.807) is 0 Å². The number of rotatable bonds is 5. The van der Waals surface area contributed by atoms with E-state index in [2.05, 4.69) is 159 Å². The predicted molar refractivity (Wildman–Crippen MR) is 202 cm³/mol. The third-order valence-corrected chi connectivity index (χ3v) is 9.89. The molecule has 1 heterocycles. The van der Waals surface area contributed by atoms with Crippen molar-refractivity contribution in [1.29, 1.82) is 0 Å². The zero-order valence-electron chi connectivity index (χ0n) is 27.4. The SMILES string of the molecule is CC1(C)c2ccccc2-c2ccc(-c3cc(-c4ccccc4)cc(-c4nc(-c5ccccc5)nc(-c5ccc6ccccc6c5)n4)c3)cc21. The molecule has 49 heavy (non-hydrogen) atoms. The number of hydrogen-bond acceptors (Lipinski definition) is 3. The minimum absolute atomic E-state index is 0.0879. The van der Waals surface area contributed by atoms with Crippen LogP contribution >= 0.6 is 0 Å². The van der Waals surface area contributed by atoms with Crippen molar-refractivity contribution in [2.24, 2.45) is 0 Å². The van der Waals surface area contributed by atoms with Crippen LogP contribution < -0.4 is 0 Å². The van der Waals surface area contributed by atoms with E-state index in [1.807, 2.05) is 18.2 Å². The summed E-state index contributed by atoms with van der Waals surface area (Å²) in [5.74, 6) is 1.95. The van der Waals surface area contributed by atoms with E-state index in [-0.39, 0.29) is 5.41 Å². The molecular weight excluding hydrogens is 595 g/mol. The van der Waals surface area contributed by atoms with Crippen molar-refractivity contribution in [1.82, 2.24) is 15.0 Å². The third-order valence-electron chi connectivity index (χ3n) is 9.89. The summed E-state index contributed by atoms with van der Waals surface area (Å²) in [5.41, 5.74) is 12.7. The van der Waals surface area contributed by atoms with Gasteiger partial charge in [-0.05, 0) is 85.6 Å². The molecular formula is C46H33N3. The second-order valence-electron chi connectivity index (χ2n) is 13.3. The molecule has 1 aliphatic carbocycles. The molecule has 0 spiro atoms. The fourth-order valence-electron chi connectivity index (χ4n) is 7.28. The minimum Gasteiger partial charge on any atom is -0.208 e. The Morgan fingerprint density at radius 3 is 1.61 bits per heavy atom. The summed E-state index contributed by atoms with van der Waals surface area (Å²) in [5, 5.41) is 2.34. The summed E-state index contributed by atoms with van der Waals surface area (Å²) in [4.78, 5) is 15.3. The number of aromatic nitrogens is 3. The molecule has 9 rings (SSSR count). The number of benzene rings is 7. The van der Waals surface area contributed by atoms with Crippen LogP contribution in [-0.4, -0.2) is 15.0 Å². The van der Waals surface area contributed by atoms with Gasteiger partial charge in [0, 0.05) is 22.1 Å². The Labute approximate surface area is 286 Å². The number of fused-ring (bicyclic) bond motifs is 4. The lowest BCUT2D eigenvalue weighted by atomic mass is 9.81. The number of hydrogen-bond donors (Lipinski definition) is 0. The Bertz CT molecular complexity index is 2520. The topological polar surface area (TPSA) is 38.7 Å². The van der Waals surface area contributed by atoms with Crippen LogP contribution in [0.4, 0.5) is 0 Å². The molecule has 0 saturated heterocycles. The molecule has 1 aliphatic rings. The van der Waals surface area contributed by atoms with Gasteiger partial charge in [0.15, 0.2) is 17.5 Å². The second kappa shape index (κ2) is 11.5. The Kier molecular flexibility index (Phi) is 6.80. The second-order valence-corrected chi connectivity index (χ2v) is 13.3. The van der Waals surface area contributed by atoms with Crippen LogP contribution in [0.5, 0.6) is 0 Å². The molecule has 8 aromatic rings. The molecule has 0 fully saturated rings. The quantitative estimate of drug-likeness (QED) is 0.191. The monoisotopic (exact) mass is 627 g/mol. The first kappa shape index (κ1) is 29.0. The molecule has 1 aromatic heterocycles. The fourth-order valence-corrected chi connectivity index (χ4v) is 7.28. The van der Waals surface area contributed by atoms with Gasteiger partial charge in [-0.15, -0.1) is 0 Å². The van der Waals surface area contributed by atoms with Crippen LogP contribution in [0, 0.1) is 0 Å². The van der Waals surface area contributed by atoms with Crippen molar-refractivity contribution in [3.63, 3.8) is 0 Å². The first-order chi connectivity index (χ1) is 24.0. The van der Waals surface area contributed by atoms with E-state index in [0.29, 0.717) is 17.5 Å². The van der Waals surface area contributed by atoms with Gasteiger partial charge in [0.1, 0.15) is 0 Å². The first-order valence-corrected chi connectivity index (χ1v) is 16.8. The summed E-state index contributed by atoms with van der Waals surface area (Å²) in [7, 11) is 0. The van der Waals surface area contributed by atoms with Gasteiger partial charge < -0.3 is 0 Å². The van der Waals surface area contributed by atoms with Gasteiger partial charge in [0.05, 0.1) is 0 Å². The normalized spacial score (nSPS) is 12.9. The highest BCUT2D eigenvalue weighted by Crippen LogP contribution is 2.49. The third kappa shape index (κ3) is 5.12. The lowest BCUT2D eigenvalue weighted by Crippen LogP contribution is -2.14. The van der Waals surface area contributed by atoms with Crippen LogP contribution in [0.3, 0.4) is 0 Å². The maximum atomic E-state index is 5.16. The van der Waals surface area contributed by atoms with Crippen molar-refractivity contribution >= 4 is 10.8 Å². The zero-order valence-corrected chi connectivity index (χ0v) is 27.4. The van der Waals surface area contributed by atoms with Crippen LogP contribution in [-0.2, 0) is 5.41 Å². The Balaban J connectivity index is 1.24. The molecule has 3 nitrogen and oxygen atoms in total. The van der Waals surface area contributed by atoms with Crippen molar-refractivity contribution in [3.05, 3.63) is 175 Å². The highest BCUT2D eigenvalue weighted by atomic mass is 15.0. The van der Waals surface area contributed by atoms with Crippen LogP contribution in [0.25, 0.3) is 78.3 Å². The van der Waals surface area contributed by atoms with E-state index in [9.17, 15) is 0 Å². The van der Waals surface area contributed by atoms with Gasteiger partial charge in [-0.2, -0.15) is 0 Å². The van der Waals surface area contributed by atoms with E-state index < -0.39 is 0 Å². The smallest absolute Gasteiger partial charge is 0.164 e. The van der Waals surface area contributed by atoms with Crippen LogP contribution in [0.2, 0.25) is 0 Å². The molecule has 0 saturated carbocycles. The summed E-state index contributed by atoms with van der Waals surface area (Å²) in [6, 6.07) is 58.0. The zero-order chi connectivity index (χ0) is 33.0. The molecule has 0 amide bonds. The van der Waals surface area contributed by atoms with Crippen molar-refractivity contribution in [3.8, 4) is 67.5 Å². The Morgan fingerprint density at radius 1 is 0.327 bits per heavy atom. The van der Waals surface area contributed by atoms with Gasteiger partial charge in [-0.1, -0.05) is 147 Å². The van der Waals surface area contributed by atoms with Crippen LogP contribution in [0.1, 0.15) is 25.0 Å². The van der Waals surface area contributed by atoms with E-state index in [0.717, 1.165) is 38.8 Å². The highest BCUT2D eigenvalue weighted by Gasteiger charge is 2.35. The molecule has 0 N–H and O–H groups in total. The van der Waals surface area contributed by atoms with E-state index in [1.165, 1.54) is 33.2 Å². The Morgan fingerprint density at radius 2 is 0.857 bits per heavy atom. The molecule has 0 radical (unpaired) electrons. The number of nitrogens with zero attached hydrogens (tertiary/aromatic N) is 3. The molecule has 0 aliphatic heterocycles. The van der Waals surface area contributed by atoms with E-state index >= 15 is 0 Å². The molecule has 0 unspecified atom stereocenters. The van der Waals surface area contributed by atoms with Gasteiger partial charge in [0.25, 0.3) is 0 Å². The predicted octanol–water partition coefficient (Wildman–Crippen LogP) is 11.7. The van der Waals surface area contributed by atoms with Crippen LogP contribution in [0.15, 0.2) is 164 Å². The van der Waals surface area contributed by atoms with Crippen molar-refractivity contribution < 1.29 is 0 Å². The van der Waals surface area contributed by atoms with Gasteiger partial charge in [-0.25, -0.2) is 15.0 Å². The Hall–Kier alpha value is -6.19. The summed E-state index contributed by atoms with van der Waals surface area (Å²) >= 11 is 0. The summed E-state index contributed by atoms with van der Waals surface area (Å²) in [6.45, 7) is 4.66. The fraction of sp³-hybridized carbons (Fsp3) is 0.0652. The van der Waals surface area contributed by atoms with Gasteiger partial charge in [-0.3, -0.25) is 0 Å². The first-order valence-electron chi connectivity index (χ1n) is 16.8. The molecule has 232 valence electrons. The largest absolute Gasteiger partial charge is 0.208 e. The summed E-state index contributed by atoms with van der Waals surface area (Å²) < 4.78 is 0. The molecule has 0 atom stereocenters. The highest BCUT2D eigenvalue weighted by molar-refractivity contribution is 5.88. The maximum absolute atomic E-state index is 5.16. The van der Waals surface area contributed by atoms with E-state index in [4.69, 9.17) is 15.0 Å². The van der Waals surface area contributed by atoms with Gasteiger partial charge in [0.2, 0.25) is 0 Å². The summed E-state index contributed by atoms with van der Waals surface area (Å²) in [6.07, 6.45) is 0. The van der Waals surface area contributed by atoms with Crippen molar-refractivity contribution in [2.45, 2.75) is 19.3 Å². The molecule has 3 heteroatoms. The molecule has 7 aromatic carbocycles. The average Bonchev–Trinajstić information content (AvgIpc) is 3.40. The standard InChI is InChI=1S/C46H33N3/c1-46(2)41-20-12-11-19-39(41)40-24-23-34(29-42(40)46)37-26-36(30-13-5-3-6-14-30)27-38(28-37)45-48-43(32-16-7-4-8-17-32)47-44(49-45)35-22-21-31-15-9-10-18-33(31)25-35/h3-29H,1-2H3. The average molecular weight is 628 g/mol. The minimum atomic E-state index is -0.0879.